The van der Waals surface area contributed by atoms with Gasteiger partial charge >= 0.3 is 0 Å². The number of rotatable bonds is 7. The van der Waals surface area contributed by atoms with Gasteiger partial charge in [-0.3, -0.25) is 14.5 Å². The molecule has 0 N–H and O–H groups in total. The van der Waals surface area contributed by atoms with Crippen LogP contribution in [0.5, 0.6) is 0 Å². The fourth-order valence-corrected chi connectivity index (χ4v) is 3.90. The van der Waals surface area contributed by atoms with E-state index in [2.05, 4.69) is 43.0 Å². The molecule has 1 fully saturated rings. The summed E-state index contributed by atoms with van der Waals surface area (Å²) in [6, 6.07) is 14.1. The standard InChI is InChI=1S/C25H32FN3O2/c1-3-12-29(18-21-10-8-20(2)9-11-21)24(30)19-27-13-5-14-28(16-15-27)25(31)22-6-4-7-23(26)17-22/h4,6-11,17H,3,5,12-16,18-19H2,1-2H3. The zero-order chi connectivity index (χ0) is 22.2. The summed E-state index contributed by atoms with van der Waals surface area (Å²) in [5, 5.41) is 0. The Morgan fingerprint density at radius 2 is 1.81 bits per heavy atom. The number of amides is 2. The SMILES string of the molecule is CCCN(Cc1ccc(C)cc1)C(=O)CN1CCCN(C(=O)c2cccc(F)c2)CC1. The Morgan fingerprint density at radius 3 is 2.52 bits per heavy atom. The number of halogens is 1. The zero-order valence-corrected chi connectivity index (χ0v) is 18.5. The maximum Gasteiger partial charge on any atom is 0.254 e. The fraction of sp³-hybridized carbons (Fsp3) is 0.440. The highest BCUT2D eigenvalue weighted by Gasteiger charge is 2.23. The van der Waals surface area contributed by atoms with E-state index in [1.165, 1.54) is 17.7 Å². The van der Waals surface area contributed by atoms with Crippen LogP contribution in [-0.4, -0.2) is 65.8 Å². The van der Waals surface area contributed by atoms with Crippen molar-refractivity contribution in [3.63, 3.8) is 0 Å². The minimum absolute atomic E-state index is 0.118. The van der Waals surface area contributed by atoms with Crippen molar-refractivity contribution in [2.24, 2.45) is 0 Å². The average Bonchev–Trinajstić information content (AvgIpc) is 3.00. The number of carbonyl (C=O) groups is 2. The predicted octanol–water partition coefficient (Wildman–Crippen LogP) is 3.72. The number of hydrogen-bond donors (Lipinski definition) is 0. The second kappa shape index (κ2) is 11.0. The van der Waals surface area contributed by atoms with Gasteiger partial charge in [0.25, 0.3) is 5.91 Å². The van der Waals surface area contributed by atoms with Gasteiger partial charge in [0.1, 0.15) is 5.82 Å². The molecule has 3 rings (SSSR count). The summed E-state index contributed by atoms with van der Waals surface area (Å²) < 4.78 is 13.5. The van der Waals surface area contributed by atoms with Crippen molar-refractivity contribution in [1.29, 1.82) is 0 Å². The first-order valence-electron chi connectivity index (χ1n) is 11.1. The summed E-state index contributed by atoms with van der Waals surface area (Å²) in [4.78, 5) is 31.5. The second-order valence-corrected chi connectivity index (χ2v) is 8.23. The Bertz CT molecular complexity index is 885. The molecule has 1 saturated heterocycles. The molecule has 0 bridgehead atoms. The summed E-state index contributed by atoms with van der Waals surface area (Å²) in [6.07, 6.45) is 1.70. The summed E-state index contributed by atoms with van der Waals surface area (Å²) in [5.74, 6) is -0.440. The number of nitrogens with zero attached hydrogens (tertiary/aromatic N) is 3. The molecule has 31 heavy (non-hydrogen) atoms. The lowest BCUT2D eigenvalue weighted by Gasteiger charge is -2.27. The van der Waals surface area contributed by atoms with Crippen LogP contribution in [0.4, 0.5) is 4.39 Å². The van der Waals surface area contributed by atoms with Crippen molar-refractivity contribution < 1.29 is 14.0 Å². The van der Waals surface area contributed by atoms with Crippen LogP contribution in [-0.2, 0) is 11.3 Å². The quantitative estimate of drug-likeness (QED) is 0.679. The highest BCUT2D eigenvalue weighted by molar-refractivity contribution is 5.94. The minimum Gasteiger partial charge on any atom is -0.337 e. The number of aryl methyl sites for hydroxylation is 1. The first-order valence-corrected chi connectivity index (χ1v) is 11.1. The van der Waals surface area contributed by atoms with Crippen LogP contribution in [0.3, 0.4) is 0 Å². The van der Waals surface area contributed by atoms with Crippen molar-refractivity contribution in [2.45, 2.75) is 33.2 Å². The molecule has 2 amide bonds. The van der Waals surface area contributed by atoms with E-state index in [0.717, 1.165) is 31.5 Å². The third-order valence-electron chi connectivity index (χ3n) is 5.65. The highest BCUT2D eigenvalue weighted by Crippen LogP contribution is 2.12. The van der Waals surface area contributed by atoms with E-state index in [1.54, 1.807) is 17.0 Å². The molecule has 6 heteroatoms. The van der Waals surface area contributed by atoms with Crippen LogP contribution in [0.25, 0.3) is 0 Å². The van der Waals surface area contributed by atoms with E-state index in [4.69, 9.17) is 0 Å². The van der Waals surface area contributed by atoms with Crippen LogP contribution >= 0.6 is 0 Å². The lowest BCUT2D eigenvalue weighted by atomic mass is 10.1. The first-order chi connectivity index (χ1) is 15.0. The van der Waals surface area contributed by atoms with Crippen molar-refractivity contribution in [3.8, 4) is 0 Å². The molecule has 1 heterocycles. The van der Waals surface area contributed by atoms with Crippen LogP contribution < -0.4 is 0 Å². The molecule has 0 aromatic heterocycles. The molecule has 0 aliphatic carbocycles. The van der Waals surface area contributed by atoms with E-state index < -0.39 is 5.82 Å². The number of hydrogen-bond acceptors (Lipinski definition) is 3. The average molecular weight is 426 g/mol. The van der Waals surface area contributed by atoms with Gasteiger partial charge in [-0.25, -0.2) is 4.39 Å². The van der Waals surface area contributed by atoms with E-state index in [-0.39, 0.29) is 11.8 Å². The summed E-state index contributed by atoms with van der Waals surface area (Å²) in [5.41, 5.74) is 2.71. The van der Waals surface area contributed by atoms with E-state index in [1.807, 2.05) is 4.90 Å². The zero-order valence-electron chi connectivity index (χ0n) is 18.5. The summed E-state index contributed by atoms with van der Waals surface area (Å²) >= 11 is 0. The predicted molar refractivity (Wildman–Crippen MR) is 120 cm³/mol. The molecular formula is C25H32FN3O2. The van der Waals surface area contributed by atoms with Gasteiger partial charge in [0.2, 0.25) is 5.91 Å². The van der Waals surface area contributed by atoms with Crippen molar-refractivity contribution in [2.75, 3.05) is 39.3 Å². The van der Waals surface area contributed by atoms with Gasteiger partial charge in [-0.15, -0.1) is 0 Å². The fourth-order valence-electron chi connectivity index (χ4n) is 3.90. The Hall–Kier alpha value is -2.73. The van der Waals surface area contributed by atoms with Gasteiger partial charge in [-0.1, -0.05) is 42.8 Å². The lowest BCUT2D eigenvalue weighted by Crippen LogP contribution is -2.42. The maximum atomic E-state index is 13.5. The second-order valence-electron chi connectivity index (χ2n) is 8.23. The molecule has 0 saturated carbocycles. The van der Waals surface area contributed by atoms with Crippen molar-refractivity contribution in [1.82, 2.24) is 14.7 Å². The molecule has 0 radical (unpaired) electrons. The molecule has 2 aromatic carbocycles. The van der Waals surface area contributed by atoms with Crippen molar-refractivity contribution >= 4 is 11.8 Å². The van der Waals surface area contributed by atoms with Gasteiger partial charge in [-0.2, -0.15) is 0 Å². The van der Waals surface area contributed by atoms with Gasteiger partial charge in [0, 0.05) is 44.8 Å². The molecule has 0 atom stereocenters. The maximum absolute atomic E-state index is 13.5. The Balaban J connectivity index is 1.56. The monoisotopic (exact) mass is 425 g/mol. The van der Waals surface area contributed by atoms with Gasteiger partial charge < -0.3 is 9.80 Å². The van der Waals surface area contributed by atoms with Crippen molar-refractivity contribution in [3.05, 3.63) is 71.0 Å². The Labute approximate surface area is 184 Å². The molecule has 2 aromatic rings. The van der Waals surface area contributed by atoms with E-state index in [0.29, 0.717) is 38.3 Å². The van der Waals surface area contributed by atoms with Crippen LogP contribution in [0.15, 0.2) is 48.5 Å². The molecule has 5 nitrogen and oxygen atoms in total. The number of carbonyl (C=O) groups excluding carboxylic acids is 2. The van der Waals surface area contributed by atoms with E-state index in [9.17, 15) is 14.0 Å². The summed E-state index contributed by atoms with van der Waals surface area (Å²) in [7, 11) is 0. The highest BCUT2D eigenvalue weighted by atomic mass is 19.1. The Morgan fingerprint density at radius 1 is 1.03 bits per heavy atom. The molecular weight excluding hydrogens is 393 g/mol. The minimum atomic E-state index is -0.405. The lowest BCUT2D eigenvalue weighted by molar-refractivity contribution is -0.133. The largest absolute Gasteiger partial charge is 0.337 e. The van der Waals surface area contributed by atoms with Gasteiger partial charge in [0.15, 0.2) is 0 Å². The molecule has 1 aliphatic rings. The molecule has 0 spiro atoms. The number of benzene rings is 2. The Kier molecular flexibility index (Phi) is 8.18. The normalized spacial score (nSPS) is 14.9. The van der Waals surface area contributed by atoms with Crippen LogP contribution in [0.2, 0.25) is 0 Å². The third kappa shape index (κ3) is 6.62. The topological polar surface area (TPSA) is 43.9 Å². The smallest absolute Gasteiger partial charge is 0.254 e. The van der Waals surface area contributed by atoms with Crippen LogP contribution in [0.1, 0.15) is 41.3 Å². The molecule has 0 unspecified atom stereocenters. The third-order valence-corrected chi connectivity index (χ3v) is 5.65. The van der Waals surface area contributed by atoms with Gasteiger partial charge in [-0.05, 0) is 43.5 Å². The van der Waals surface area contributed by atoms with E-state index >= 15 is 0 Å². The van der Waals surface area contributed by atoms with Gasteiger partial charge in [0.05, 0.1) is 6.54 Å². The molecule has 1 aliphatic heterocycles. The summed E-state index contributed by atoms with van der Waals surface area (Å²) in [6.45, 7) is 8.39. The first kappa shape index (κ1) is 22.9. The van der Waals surface area contributed by atoms with Crippen LogP contribution in [0, 0.1) is 12.7 Å². The molecule has 166 valence electrons.